The summed E-state index contributed by atoms with van der Waals surface area (Å²) in [4.78, 5) is 39.2. The maximum absolute atomic E-state index is 12.9. The SMILES string of the molecule is Cc1cc(OC(=O)c2ccc(NC3=C(Cl)C(=O)N(C4CCCCC4)C3=O)cc2)ccc1Cl. The van der Waals surface area contributed by atoms with E-state index in [2.05, 4.69) is 5.32 Å². The molecule has 2 aliphatic rings. The second-order valence-electron chi connectivity index (χ2n) is 7.96. The number of esters is 1. The van der Waals surface area contributed by atoms with Gasteiger partial charge in [0.1, 0.15) is 16.5 Å². The van der Waals surface area contributed by atoms with Crippen LogP contribution in [0.4, 0.5) is 5.69 Å². The molecule has 0 spiro atoms. The summed E-state index contributed by atoms with van der Waals surface area (Å²) < 4.78 is 5.39. The van der Waals surface area contributed by atoms with Crippen molar-refractivity contribution in [1.29, 1.82) is 0 Å². The number of hydrogen-bond donors (Lipinski definition) is 1. The summed E-state index contributed by atoms with van der Waals surface area (Å²) in [7, 11) is 0. The first-order chi connectivity index (χ1) is 15.3. The molecule has 8 heteroatoms. The first kappa shape index (κ1) is 22.4. The Hall–Kier alpha value is -2.83. The Morgan fingerprint density at radius 1 is 1.00 bits per heavy atom. The number of aryl methyl sites for hydroxylation is 1. The summed E-state index contributed by atoms with van der Waals surface area (Å²) in [5.74, 6) is -0.988. The molecule has 1 N–H and O–H groups in total. The molecule has 2 aromatic carbocycles. The Morgan fingerprint density at radius 2 is 1.69 bits per heavy atom. The van der Waals surface area contributed by atoms with Crippen LogP contribution >= 0.6 is 23.2 Å². The van der Waals surface area contributed by atoms with Gasteiger partial charge in [0.15, 0.2) is 0 Å². The highest BCUT2D eigenvalue weighted by Gasteiger charge is 2.42. The molecule has 4 rings (SSSR count). The van der Waals surface area contributed by atoms with Crippen molar-refractivity contribution in [3.05, 3.63) is 69.3 Å². The van der Waals surface area contributed by atoms with Gasteiger partial charge in [0.05, 0.1) is 5.56 Å². The van der Waals surface area contributed by atoms with E-state index in [9.17, 15) is 14.4 Å². The molecular formula is C24H22Cl2N2O4. The number of anilines is 1. The molecule has 0 atom stereocenters. The zero-order chi connectivity index (χ0) is 22.8. The van der Waals surface area contributed by atoms with E-state index in [0.29, 0.717) is 22.0 Å². The van der Waals surface area contributed by atoms with Crippen molar-refractivity contribution in [2.24, 2.45) is 0 Å². The fourth-order valence-electron chi connectivity index (χ4n) is 3.98. The molecule has 0 aromatic heterocycles. The summed E-state index contributed by atoms with van der Waals surface area (Å²) in [6, 6.07) is 11.3. The third kappa shape index (κ3) is 4.52. The standard InChI is InChI=1S/C24H22Cl2N2O4/c1-14-13-18(11-12-19(14)25)32-24(31)15-7-9-16(10-8-15)27-21-20(26)22(29)28(23(21)30)17-5-3-2-4-6-17/h7-13,17,27H,2-6H2,1H3. The lowest BCUT2D eigenvalue weighted by atomic mass is 9.94. The third-order valence-corrected chi connectivity index (χ3v) is 6.50. The molecular weight excluding hydrogens is 451 g/mol. The zero-order valence-corrected chi connectivity index (χ0v) is 19.0. The van der Waals surface area contributed by atoms with E-state index in [4.69, 9.17) is 27.9 Å². The number of halogens is 2. The molecule has 1 aliphatic carbocycles. The number of benzene rings is 2. The predicted octanol–water partition coefficient (Wildman–Crippen LogP) is 5.43. The van der Waals surface area contributed by atoms with Crippen molar-refractivity contribution < 1.29 is 19.1 Å². The summed E-state index contributed by atoms with van der Waals surface area (Å²) in [5, 5.41) is 3.42. The van der Waals surface area contributed by atoms with Gasteiger partial charge in [0.25, 0.3) is 11.8 Å². The lowest BCUT2D eigenvalue weighted by molar-refractivity contribution is -0.140. The van der Waals surface area contributed by atoms with Crippen LogP contribution in [0.25, 0.3) is 0 Å². The van der Waals surface area contributed by atoms with E-state index in [1.165, 1.54) is 4.90 Å². The highest BCUT2D eigenvalue weighted by molar-refractivity contribution is 6.48. The van der Waals surface area contributed by atoms with Gasteiger partial charge in [0.2, 0.25) is 0 Å². The van der Waals surface area contributed by atoms with E-state index < -0.39 is 17.8 Å². The van der Waals surface area contributed by atoms with Crippen LogP contribution in [0.1, 0.15) is 48.0 Å². The van der Waals surface area contributed by atoms with Gasteiger partial charge in [-0.1, -0.05) is 42.5 Å². The Labute approximate surface area is 196 Å². The Balaban J connectivity index is 1.44. The van der Waals surface area contributed by atoms with Crippen LogP contribution in [0.3, 0.4) is 0 Å². The number of nitrogens with one attached hydrogen (secondary N) is 1. The lowest BCUT2D eigenvalue weighted by Gasteiger charge is -2.29. The summed E-state index contributed by atoms with van der Waals surface area (Å²) in [6.07, 6.45) is 4.72. The molecule has 1 fully saturated rings. The molecule has 0 saturated heterocycles. The normalized spacial score (nSPS) is 17.2. The Bertz CT molecular complexity index is 1110. The number of amides is 2. The lowest BCUT2D eigenvalue weighted by Crippen LogP contribution is -2.42. The Morgan fingerprint density at radius 3 is 2.34 bits per heavy atom. The number of hydrogen-bond acceptors (Lipinski definition) is 5. The second kappa shape index (κ2) is 9.35. The van der Waals surface area contributed by atoms with Gasteiger partial charge >= 0.3 is 5.97 Å². The number of nitrogens with zero attached hydrogens (tertiary/aromatic N) is 1. The maximum Gasteiger partial charge on any atom is 0.343 e. The summed E-state index contributed by atoms with van der Waals surface area (Å²) >= 11 is 12.2. The largest absolute Gasteiger partial charge is 0.423 e. The van der Waals surface area contributed by atoms with Crippen molar-refractivity contribution >= 4 is 46.7 Å². The first-order valence-electron chi connectivity index (χ1n) is 10.5. The van der Waals surface area contributed by atoms with Crippen LogP contribution in [0.5, 0.6) is 5.75 Å². The van der Waals surface area contributed by atoms with Crippen molar-refractivity contribution in [1.82, 2.24) is 4.90 Å². The minimum Gasteiger partial charge on any atom is -0.423 e. The number of rotatable bonds is 5. The second-order valence-corrected chi connectivity index (χ2v) is 8.75. The van der Waals surface area contributed by atoms with Crippen LogP contribution in [0.15, 0.2) is 53.2 Å². The third-order valence-electron chi connectivity index (χ3n) is 5.73. The van der Waals surface area contributed by atoms with Gasteiger partial charge in [0, 0.05) is 16.8 Å². The van der Waals surface area contributed by atoms with Gasteiger partial charge in [-0.2, -0.15) is 0 Å². The van der Waals surface area contributed by atoms with Crippen LogP contribution in [-0.4, -0.2) is 28.7 Å². The van der Waals surface area contributed by atoms with Gasteiger partial charge < -0.3 is 10.1 Å². The molecule has 2 amide bonds. The average Bonchev–Trinajstić information content (AvgIpc) is 3.00. The Kier molecular flexibility index (Phi) is 6.53. The molecule has 166 valence electrons. The zero-order valence-electron chi connectivity index (χ0n) is 17.5. The van der Waals surface area contributed by atoms with Gasteiger partial charge in [-0.3, -0.25) is 14.5 Å². The molecule has 0 radical (unpaired) electrons. The van der Waals surface area contributed by atoms with E-state index >= 15 is 0 Å². The highest BCUT2D eigenvalue weighted by Crippen LogP contribution is 2.32. The molecule has 1 heterocycles. The van der Waals surface area contributed by atoms with E-state index in [-0.39, 0.29) is 16.8 Å². The molecule has 0 bridgehead atoms. The fourth-order valence-corrected chi connectivity index (χ4v) is 4.32. The van der Waals surface area contributed by atoms with E-state index in [0.717, 1.165) is 37.7 Å². The van der Waals surface area contributed by atoms with Crippen molar-refractivity contribution in [2.45, 2.75) is 45.1 Å². The van der Waals surface area contributed by atoms with Crippen LogP contribution in [0, 0.1) is 6.92 Å². The van der Waals surface area contributed by atoms with Gasteiger partial charge in [-0.25, -0.2) is 4.79 Å². The number of carbonyl (C=O) groups is 3. The molecule has 2 aromatic rings. The molecule has 32 heavy (non-hydrogen) atoms. The highest BCUT2D eigenvalue weighted by atomic mass is 35.5. The van der Waals surface area contributed by atoms with Crippen LogP contribution < -0.4 is 10.1 Å². The fraction of sp³-hybridized carbons (Fsp3) is 0.292. The number of carbonyl (C=O) groups excluding carboxylic acids is 3. The van der Waals surface area contributed by atoms with Crippen molar-refractivity contribution in [3.63, 3.8) is 0 Å². The topological polar surface area (TPSA) is 75.7 Å². The first-order valence-corrected chi connectivity index (χ1v) is 11.2. The molecule has 6 nitrogen and oxygen atoms in total. The number of imide groups is 1. The van der Waals surface area contributed by atoms with Gasteiger partial charge in [-0.05, 0) is 67.8 Å². The minimum atomic E-state index is -0.522. The minimum absolute atomic E-state index is 0.0641. The molecule has 0 unspecified atom stereocenters. The summed E-state index contributed by atoms with van der Waals surface area (Å²) in [5.41, 5.74) is 1.73. The monoisotopic (exact) mass is 472 g/mol. The molecule has 1 saturated carbocycles. The quantitative estimate of drug-likeness (QED) is 0.356. The van der Waals surface area contributed by atoms with Gasteiger partial charge in [-0.15, -0.1) is 0 Å². The molecule has 1 aliphatic heterocycles. The van der Waals surface area contributed by atoms with Crippen LogP contribution in [0.2, 0.25) is 5.02 Å². The van der Waals surface area contributed by atoms with Crippen LogP contribution in [-0.2, 0) is 9.59 Å². The van der Waals surface area contributed by atoms with Crippen molar-refractivity contribution in [2.75, 3.05) is 5.32 Å². The maximum atomic E-state index is 12.9. The van der Waals surface area contributed by atoms with Crippen molar-refractivity contribution in [3.8, 4) is 5.75 Å². The predicted molar refractivity (Wildman–Crippen MR) is 123 cm³/mol. The smallest absolute Gasteiger partial charge is 0.343 e. The average molecular weight is 473 g/mol. The van der Waals surface area contributed by atoms with E-state index in [1.807, 2.05) is 6.92 Å². The van der Waals surface area contributed by atoms with E-state index in [1.54, 1.807) is 42.5 Å². The summed E-state index contributed by atoms with van der Waals surface area (Å²) in [6.45, 7) is 1.82. The number of ether oxygens (including phenoxy) is 1.